The number of anilines is 2. The fourth-order valence-electron chi connectivity index (χ4n) is 4.39. The second kappa shape index (κ2) is 8.53. The summed E-state index contributed by atoms with van der Waals surface area (Å²) in [4.78, 5) is 40.5. The normalized spacial score (nSPS) is 19.2. The van der Waals surface area contributed by atoms with Crippen molar-refractivity contribution in [1.82, 2.24) is 14.9 Å². The molecule has 8 heteroatoms. The lowest BCUT2D eigenvalue weighted by Gasteiger charge is -2.36. The first-order chi connectivity index (χ1) is 14.9. The van der Waals surface area contributed by atoms with Crippen LogP contribution in [-0.4, -0.2) is 66.5 Å². The van der Waals surface area contributed by atoms with Crippen LogP contribution in [-0.2, 0) is 9.59 Å². The standard InChI is InChI=1S/C23H29N5O3/c1-15-5-6-20(31-4)19(11-15)28-14-18(13-22(28)29)23(30)27-9-7-26(8-10-27)21-12-16(2)24-17(3)25-21/h5-6,11-12,18H,7-10,13-14H2,1-4H3. The second-order valence-corrected chi connectivity index (χ2v) is 8.31. The third kappa shape index (κ3) is 4.33. The highest BCUT2D eigenvalue weighted by molar-refractivity contribution is 6.01. The Hall–Kier alpha value is -3.16. The molecule has 164 valence electrons. The van der Waals surface area contributed by atoms with Gasteiger partial charge in [-0.25, -0.2) is 9.97 Å². The molecule has 2 amide bonds. The maximum absolute atomic E-state index is 13.2. The number of nitrogens with zero attached hydrogens (tertiary/aromatic N) is 5. The number of aryl methyl sites for hydroxylation is 3. The molecule has 2 aliphatic heterocycles. The molecule has 1 atom stereocenters. The summed E-state index contributed by atoms with van der Waals surface area (Å²) in [5.74, 6) is 2.00. The van der Waals surface area contributed by atoms with Gasteiger partial charge in [-0.15, -0.1) is 0 Å². The summed E-state index contributed by atoms with van der Waals surface area (Å²) in [5, 5.41) is 0. The molecule has 2 aliphatic rings. The molecule has 3 heterocycles. The quantitative estimate of drug-likeness (QED) is 0.750. The number of ether oxygens (including phenoxy) is 1. The SMILES string of the molecule is COc1ccc(C)cc1N1CC(C(=O)N2CCN(c3cc(C)nc(C)n3)CC2)CC1=O. The highest BCUT2D eigenvalue weighted by atomic mass is 16.5. The minimum Gasteiger partial charge on any atom is -0.495 e. The van der Waals surface area contributed by atoms with Gasteiger partial charge in [0.05, 0.1) is 18.7 Å². The van der Waals surface area contributed by atoms with Gasteiger partial charge in [0, 0.05) is 50.9 Å². The number of carbonyl (C=O) groups excluding carboxylic acids is 2. The van der Waals surface area contributed by atoms with Gasteiger partial charge in [0.2, 0.25) is 11.8 Å². The lowest BCUT2D eigenvalue weighted by atomic mass is 10.1. The predicted molar refractivity (Wildman–Crippen MR) is 118 cm³/mol. The zero-order chi connectivity index (χ0) is 22.1. The zero-order valence-corrected chi connectivity index (χ0v) is 18.6. The lowest BCUT2D eigenvalue weighted by molar-refractivity contribution is -0.136. The molecule has 2 aromatic rings. The minimum atomic E-state index is -0.326. The van der Waals surface area contributed by atoms with Gasteiger partial charge in [-0.2, -0.15) is 0 Å². The average Bonchev–Trinajstić information content (AvgIpc) is 3.14. The molecule has 31 heavy (non-hydrogen) atoms. The summed E-state index contributed by atoms with van der Waals surface area (Å²) in [7, 11) is 1.59. The van der Waals surface area contributed by atoms with E-state index < -0.39 is 0 Å². The first-order valence-electron chi connectivity index (χ1n) is 10.7. The molecule has 0 aliphatic carbocycles. The summed E-state index contributed by atoms with van der Waals surface area (Å²) in [6, 6.07) is 7.73. The molecule has 2 saturated heterocycles. The van der Waals surface area contributed by atoms with Crippen molar-refractivity contribution in [3.05, 3.63) is 41.3 Å². The fourth-order valence-corrected chi connectivity index (χ4v) is 4.39. The molecule has 0 bridgehead atoms. The maximum atomic E-state index is 13.2. The van der Waals surface area contributed by atoms with E-state index in [-0.39, 0.29) is 24.2 Å². The molecule has 1 aromatic heterocycles. The fraction of sp³-hybridized carbons (Fsp3) is 0.478. The Bertz CT molecular complexity index is 980. The molecule has 8 nitrogen and oxygen atoms in total. The maximum Gasteiger partial charge on any atom is 0.228 e. The van der Waals surface area contributed by atoms with Crippen LogP contribution in [0.5, 0.6) is 5.75 Å². The summed E-state index contributed by atoms with van der Waals surface area (Å²) in [5.41, 5.74) is 2.73. The highest BCUT2D eigenvalue weighted by Gasteiger charge is 2.39. The Morgan fingerprint density at radius 3 is 2.48 bits per heavy atom. The van der Waals surface area contributed by atoms with Crippen LogP contribution in [0.3, 0.4) is 0 Å². The number of rotatable bonds is 4. The molecule has 4 rings (SSSR count). The van der Waals surface area contributed by atoms with Gasteiger partial charge in [0.15, 0.2) is 0 Å². The van der Waals surface area contributed by atoms with Crippen molar-refractivity contribution >= 4 is 23.3 Å². The average molecular weight is 424 g/mol. The molecule has 0 N–H and O–H groups in total. The largest absolute Gasteiger partial charge is 0.495 e. The Morgan fingerprint density at radius 1 is 1.06 bits per heavy atom. The molecular formula is C23H29N5O3. The van der Waals surface area contributed by atoms with E-state index in [1.165, 1.54) is 0 Å². The van der Waals surface area contributed by atoms with E-state index in [0.29, 0.717) is 25.4 Å². The molecule has 2 fully saturated rings. The molecular weight excluding hydrogens is 394 g/mol. The van der Waals surface area contributed by atoms with Crippen molar-refractivity contribution < 1.29 is 14.3 Å². The van der Waals surface area contributed by atoms with E-state index in [2.05, 4.69) is 14.9 Å². The summed E-state index contributed by atoms with van der Waals surface area (Å²) >= 11 is 0. The first kappa shape index (κ1) is 21.1. The second-order valence-electron chi connectivity index (χ2n) is 8.31. The Balaban J connectivity index is 1.41. The molecule has 0 radical (unpaired) electrons. The van der Waals surface area contributed by atoms with Gasteiger partial charge >= 0.3 is 0 Å². The Morgan fingerprint density at radius 2 is 1.81 bits per heavy atom. The number of hydrogen-bond acceptors (Lipinski definition) is 6. The van der Waals surface area contributed by atoms with Gasteiger partial charge in [-0.1, -0.05) is 6.07 Å². The van der Waals surface area contributed by atoms with Crippen molar-refractivity contribution in [3.63, 3.8) is 0 Å². The van der Waals surface area contributed by atoms with Crippen LogP contribution in [0, 0.1) is 26.7 Å². The number of aromatic nitrogens is 2. The van der Waals surface area contributed by atoms with Crippen molar-refractivity contribution in [2.24, 2.45) is 5.92 Å². The van der Waals surface area contributed by atoms with E-state index in [1.54, 1.807) is 12.0 Å². The van der Waals surface area contributed by atoms with E-state index in [9.17, 15) is 9.59 Å². The minimum absolute atomic E-state index is 0.0344. The van der Waals surface area contributed by atoms with Crippen LogP contribution in [0.15, 0.2) is 24.3 Å². The van der Waals surface area contributed by atoms with Gasteiger partial charge < -0.3 is 19.4 Å². The smallest absolute Gasteiger partial charge is 0.228 e. The number of amides is 2. The van der Waals surface area contributed by atoms with Crippen molar-refractivity contribution in [2.45, 2.75) is 27.2 Å². The molecule has 1 unspecified atom stereocenters. The lowest BCUT2D eigenvalue weighted by Crippen LogP contribution is -2.51. The number of carbonyl (C=O) groups is 2. The number of benzene rings is 1. The first-order valence-corrected chi connectivity index (χ1v) is 10.7. The van der Waals surface area contributed by atoms with E-state index in [0.717, 1.165) is 41.7 Å². The Labute approximate surface area is 182 Å². The van der Waals surface area contributed by atoms with E-state index in [1.807, 2.05) is 49.9 Å². The van der Waals surface area contributed by atoms with Crippen LogP contribution in [0.4, 0.5) is 11.5 Å². The third-order valence-corrected chi connectivity index (χ3v) is 5.97. The monoisotopic (exact) mass is 423 g/mol. The van der Waals surface area contributed by atoms with Gasteiger partial charge in [-0.3, -0.25) is 9.59 Å². The number of piperazine rings is 1. The number of methoxy groups -OCH3 is 1. The van der Waals surface area contributed by atoms with Crippen molar-refractivity contribution in [2.75, 3.05) is 49.6 Å². The van der Waals surface area contributed by atoms with E-state index >= 15 is 0 Å². The third-order valence-electron chi connectivity index (χ3n) is 5.97. The molecule has 0 saturated carbocycles. The van der Waals surface area contributed by atoms with Gasteiger partial charge in [-0.05, 0) is 38.5 Å². The van der Waals surface area contributed by atoms with E-state index in [4.69, 9.17) is 4.74 Å². The summed E-state index contributed by atoms with van der Waals surface area (Å²) in [6.45, 7) is 8.91. The van der Waals surface area contributed by atoms with Crippen LogP contribution < -0.4 is 14.5 Å². The summed E-state index contributed by atoms with van der Waals surface area (Å²) < 4.78 is 5.44. The van der Waals surface area contributed by atoms with Gasteiger partial charge in [0.25, 0.3) is 0 Å². The van der Waals surface area contributed by atoms with Crippen molar-refractivity contribution in [1.29, 1.82) is 0 Å². The van der Waals surface area contributed by atoms with Crippen LogP contribution >= 0.6 is 0 Å². The summed E-state index contributed by atoms with van der Waals surface area (Å²) in [6.07, 6.45) is 0.237. The number of hydrogen-bond donors (Lipinski definition) is 0. The predicted octanol–water partition coefficient (Wildman–Crippen LogP) is 2.11. The van der Waals surface area contributed by atoms with Crippen molar-refractivity contribution in [3.8, 4) is 5.75 Å². The van der Waals surface area contributed by atoms with Crippen LogP contribution in [0.1, 0.15) is 23.5 Å². The highest BCUT2D eigenvalue weighted by Crippen LogP contribution is 2.34. The molecule has 1 aromatic carbocycles. The van der Waals surface area contributed by atoms with Gasteiger partial charge in [0.1, 0.15) is 17.4 Å². The topological polar surface area (TPSA) is 78.9 Å². The van der Waals surface area contributed by atoms with Crippen LogP contribution in [0.25, 0.3) is 0 Å². The molecule has 0 spiro atoms. The Kier molecular flexibility index (Phi) is 5.80. The van der Waals surface area contributed by atoms with Crippen LogP contribution in [0.2, 0.25) is 0 Å². The zero-order valence-electron chi connectivity index (χ0n) is 18.6.